The van der Waals surface area contributed by atoms with Crippen LogP contribution < -0.4 is 5.48 Å². The number of hydrogen-bond donors (Lipinski definition) is 2. The van der Waals surface area contributed by atoms with Crippen LogP contribution in [0.3, 0.4) is 0 Å². The zero-order valence-electron chi connectivity index (χ0n) is 12.5. The van der Waals surface area contributed by atoms with E-state index in [1.807, 2.05) is 19.9 Å². The van der Waals surface area contributed by atoms with E-state index in [1.165, 1.54) is 12.4 Å². The van der Waals surface area contributed by atoms with E-state index in [-0.39, 0.29) is 12.8 Å². The van der Waals surface area contributed by atoms with Crippen molar-refractivity contribution >= 4 is 21.3 Å². The maximum absolute atomic E-state index is 11.8. The lowest BCUT2D eigenvalue weighted by molar-refractivity contribution is -0.131. The van der Waals surface area contributed by atoms with E-state index in [0.717, 1.165) is 11.8 Å². The van der Waals surface area contributed by atoms with Gasteiger partial charge in [0.05, 0.1) is 5.69 Å². The summed E-state index contributed by atoms with van der Waals surface area (Å²) in [6.45, 7) is 5.00. The average Bonchev–Trinajstić information content (AvgIpc) is 2.90. The summed E-state index contributed by atoms with van der Waals surface area (Å²) in [7, 11) is -3.70. The van der Waals surface area contributed by atoms with Crippen molar-refractivity contribution in [3.8, 4) is 0 Å². The van der Waals surface area contributed by atoms with Gasteiger partial charge in [-0.15, -0.1) is 0 Å². The summed E-state index contributed by atoms with van der Waals surface area (Å²) in [4.78, 5) is 11.7. The normalized spacial score (nSPS) is 15.6. The third-order valence-electron chi connectivity index (χ3n) is 3.64. The minimum atomic E-state index is -3.70. The molecule has 0 aliphatic heterocycles. The number of aromatic nitrogens is 1. The molecule has 0 bridgehead atoms. The van der Waals surface area contributed by atoms with Crippen LogP contribution in [0.15, 0.2) is 16.7 Å². The number of hydroxylamine groups is 1. The molecule has 1 amide bonds. The molecule has 21 heavy (non-hydrogen) atoms. The molecular weight excluding hydrogens is 296 g/mol. The van der Waals surface area contributed by atoms with Gasteiger partial charge in [0, 0.05) is 12.3 Å². The van der Waals surface area contributed by atoms with E-state index in [1.54, 1.807) is 6.07 Å². The summed E-state index contributed by atoms with van der Waals surface area (Å²) in [5.74, 6) is -0.362. The van der Waals surface area contributed by atoms with Crippen molar-refractivity contribution in [3.63, 3.8) is 0 Å². The van der Waals surface area contributed by atoms with Crippen molar-refractivity contribution in [3.05, 3.63) is 23.6 Å². The topological polar surface area (TPSA) is 110 Å². The standard InChI is InChI=1S/C13H20N2O5S/c1-5-9(2)11-8-10(15-20-11)6-7-13(3,12(16)14-17)21(4,18)19/h5,8,17H,6-7H2,1-4H3,(H,14,16)/b9-5-. The van der Waals surface area contributed by atoms with E-state index in [4.69, 9.17) is 9.73 Å². The molecule has 1 aromatic rings. The van der Waals surface area contributed by atoms with Gasteiger partial charge < -0.3 is 4.52 Å². The van der Waals surface area contributed by atoms with Crippen LogP contribution in [0, 0.1) is 0 Å². The van der Waals surface area contributed by atoms with Gasteiger partial charge in [-0.3, -0.25) is 10.0 Å². The quantitative estimate of drug-likeness (QED) is 0.605. The number of carbonyl (C=O) groups excluding carboxylic acids is 1. The van der Waals surface area contributed by atoms with Gasteiger partial charge in [-0.2, -0.15) is 0 Å². The minimum absolute atomic E-state index is 0.0148. The summed E-state index contributed by atoms with van der Waals surface area (Å²) in [5.41, 5.74) is 2.87. The summed E-state index contributed by atoms with van der Waals surface area (Å²) in [6.07, 6.45) is 3.04. The first-order valence-corrected chi connectivity index (χ1v) is 8.28. The van der Waals surface area contributed by atoms with Crippen molar-refractivity contribution < 1.29 is 22.9 Å². The molecule has 1 rings (SSSR count). The molecule has 0 radical (unpaired) electrons. The highest BCUT2D eigenvalue weighted by Crippen LogP contribution is 2.24. The molecule has 0 saturated heterocycles. The smallest absolute Gasteiger partial charge is 0.264 e. The maximum atomic E-state index is 11.8. The van der Waals surface area contributed by atoms with Crippen molar-refractivity contribution in [2.75, 3.05) is 6.26 Å². The van der Waals surface area contributed by atoms with Crippen LogP contribution in [0.1, 0.15) is 38.6 Å². The lowest BCUT2D eigenvalue weighted by Crippen LogP contribution is -2.49. The number of nitrogens with zero attached hydrogens (tertiary/aromatic N) is 1. The fourth-order valence-corrected chi connectivity index (χ4v) is 2.57. The molecule has 1 heterocycles. The average molecular weight is 316 g/mol. The molecule has 0 saturated carbocycles. The van der Waals surface area contributed by atoms with Gasteiger partial charge in [0.25, 0.3) is 5.91 Å². The second-order valence-corrected chi connectivity index (χ2v) is 7.54. The molecule has 0 spiro atoms. The SMILES string of the molecule is C/C=C(/C)c1cc(CCC(C)(C(=O)NO)S(C)(=O)=O)no1. The number of hydrogen-bond acceptors (Lipinski definition) is 6. The number of carbonyl (C=O) groups is 1. The lowest BCUT2D eigenvalue weighted by Gasteiger charge is -2.24. The zero-order chi connectivity index (χ0) is 16.3. The Balaban J connectivity index is 2.93. The van der Waals surface area contributed by atoms with Gasteiger partial charge in [-0.25, -0.2) is 13.9 Å². The minimum Gasteiger partial charge on any atom is -0.356 e. The number of allylic oxidation sites excluding steroid dienone is 2. The molecule has 2 N–H and O–H groups in total. The van der Waals surface area contributed by atoms with Gasteiger partial charge in [0.15, 0.2) is 15.6 Å². The van der Waals surface area contributed by atoms with E-state index in [0.29, 0.717) is 11.5 Å². The zero-order valence-corrected chi connectivity index (χ0v) is 13.3. The number of rotatable bonds is 6. The second-order valence-electron chi connectivity index (χ2n) is 5.10. The molecule has 8 heteroatoms. The van der Waals surface area contributed by atoms with E-state index >= 15 is 0 Å². The van der Waals surface area contributed by atoms with Crippen LogP contribution in [0.25, 0.3) is 5.57 Å². The molecule has 0 fully saturated rings. The third kappa shape index (κ3) is 3.70. The van der Waals surface area contributed by atoms with Crippen LogP contribution in [0.5, 0.6) is 0 Å². The number of sulfone groups is 1. The van der Waals surface area contributed by atoms with Gasteiger partial charge in [0.2, 0.25) is 0 Å². The van der Waals surface area contributed by atoms with Crippen LogP contribution in [0.4, 0.5) is 0 Å². The Bertz CT molecular complexity index is 647. The fourth-order valence-electron chi connectivity index (χ4n) is 1.71. The molecule has 0 aliphatic carbocycles. The van der Waals surface area contributed by atoms with Crippen LogP contribution in [0.2, 0.25) is 0 Å². The second kappa shape index (κ2) is 6.40. The Morgan fingerprint density at radius 2 is 2.19 bits per heavy atom. The Labute approximate surface area is 123 Å². The molecular formula is C13H20N2O5S. The Kier molecular flexibility index (Phi) is 5.30. The first kappa shape index (κ1) is 17.4. The van der Waals surface area contributed by atoms with Crippen molar-refractivity contribution in [1.29, 1.82) is 0 Å². The monoisotopic (exact) mass is 316 g/mol. The summed E-state index contributed by atoms with van der Waals surface area (Å²) >= 11 is 0. The van der Waals surface area contributed by atoms with Gasteiger partial charge in [-0.1, -0.05) is 11.2 Å². The van der Waals surface area contributed by atoms with Crippen molar-refractivity contribution in [2.24, 2.45) is 0 Å². The summed E-state index contributed by atoms with van der Waals surface area (Å²) in [5, 5.41) is 12.6. The number of nitrogens with one attached hydrogen (secondary N) is 1. The van der Waals surface area contributed by atoms with Gasteiger partial charge >= 0.3 is 0 Å². The highest BCUT2D eigenvalue weighted by molar-refractivity contribution is 7.92. The highest BCUT2D eigenvalue weighted by atomic mass is 32.2. The first-order valence-electron chi connectivity index (χ1n) is 6.38. The third-order valence-corrected chi connectivity index (χ3v) is 5.67. The van der Waals surface area contributed by atoms with Crippen molar-refractivity contribution in [2.45, 2.75) is 38.4 Å². The molecule has 1 atom stereocenters. The molecule has 1 aromatic heterocycles. The van der Waals surface area contributed by atoms with Gasteiger partial charge in [-0.05, 0) is 39.2 Å². The Morgan fingerprint density at radius 1 is 1.57 bits per heavy atom. The van der Waals surface area contributed by atoms with E-state index in [9.17, 15) is 13.2 Å². The molecule has 1 unspecified atom stereocenters. The molecule has 0 aromatic carbocycles. The van der Waals surface area contributed by atoms with Gasteiger partial charge in [0.1, 0.15) is 4.75 Å². The number of aryl methyl sites for hydroxylation is 1. The predicted molar refractivity (Wildman–Crippen MR) is 77.3 cm³/mol. The lowest BCUT2D eigenvalue weighted by atomic mass is 10.0. The van der Waals surface area contributed by atoms with Crippen molar-refractivity contribution in [1.82, 2.24) is 10.6 Å². The predicted octanol–water partition coefficient (Wildman–Crippen LogP) is 1.34. The van der Waals surface area contributed by atoms with E-state index in [2.05, 4.69) is 5.16 Å². The van der Waals surface area contributed by atoms with Crippen LogP contribution in [-0.4, -0.2) is 35.7 Å². The largest absolute Gasteiger partial charge is 0.356 e. The Hall–Kier alpha value is -1.67. The maximum Gasteiger partial charge on any atom is 0.264 e. The molecule has 0 aliphatic rings. The summed E-state index contributed by atoms with van der Waals surface area (Å²) in [6, 6.07) is 1.70. The van der Waals surface area contributed by atoms with E-state index < -0.39 is 20.5 Å². The molecule has 7 nitrogen and oxygen atoms in total. The van der Waals surface area contributed by atoms with Crippen LogP contribution >= 0.6 is 0 Å². The van der Waals surface area contributed by atoms with Crippen LogP contribution in [-0.2, 0) is 21.1 Å². The number of amides is 1. The summed E-state index contributed by atoms with van der Waals surface area (Å²) < 4.78 is 27.0. The first-order chi connectivity index (χ1) is 9.65. The Morgan fingerprint density at radius 3 is 2.67 bits per heavy atom. The fraction of sp³-hybridized carbons (Fsp3) is 0.538. The molecule has 118 valence electrons. The highest BCUT2D eigenvalue weighted by Gasteiger charge is 2.43.